The van der Waals surface area contributed by atoms with Gasteiger partial charge in [0.25, 0.3) is 0 Å². The van der Waals surface area contributed by atoms with Crippen LogP contribution < -0.4 is 9.47 Å². The van der Waals surface area contributed by atoms with E-state index in [1.807, 2.05) is 12.1 Å². The molecule has 0 aliphatic heterocycles. The van der Waals surface area contributed by atoms with Crippen molar-refractivity contribution in [1.29, 1.82) is 0 Å². The summed E-state index contributed by atoms with van der Waals surface area (Å²) in [7, 11) is 4.52. The van der Waals surface area contributed by atoms with E-state index in [9.17, 15) is 9.90 Å². The average molecular weight is 316 g/mol. The molecule has 0 spiro atoms. The molecule has 0 atom stereocenters. The van der Waals surface area contributed by atoms with Gasteiger partial charge in [0.05, 0.1) is 21.3 Å². The predicted octanol–water partition coefficient (Wildman–Crippen LogP) is 3.18. The van der Waals surface area contributed by atoms with Crippen molar-refractivity contribution < 1.29 is 24.1 Å². The quantitative estimate of drug-likeness (QED) is 0.829. The Hall–Kier alpha value is -2.69. The van der Waals surface area contributed by atoms with Crippen LogP contribution in [0.5, 0.6) is 17.2 Å². The van der Waals surface area contributed by atoms with E-state index in [0.717, 1.165) is 11.1 Å². The molecule has 0 fully saturated rings. The summed E-state index contributed by atoms with van der Waals surface area (Å²) in [5.74, 6) is 1.16. The first kappa shape index (κ1) is 16.7. The van der Waals surface area contributed by atoms with Gasteiger partial charge in [0, 0.05) is 23.6 Å². The minimum absolute atomic E-state index is 0.148. The van der Waals surface area contributed by atoms with E-state index in [-0.39, 0.29) is 11.7 Å². The predicted molar refractivity (Wildman–Crippen MR) is 87.0 cm³/mol. The summed E-state index contributed by atoms with van der Waals surface area (Å²) < 4.78 is 15.2. The van der Waals surface area contributed by atoms with Crippen molar-refractivity contribution in [3.63, 3.8) is 0 Å². The van der Waals surface area contributed by atoms with Crippen molar-refractivity contribution in [3.8, 4) is 28.4 Å². The molecule has 0 aliphatic carbocycles. The molecule has 5 nitrogen and oxygen atoms in total. The van der Waals surface area contributed by atoms with Crippen LogP contribution in [0.4, 0.5) is 0 Å². The number of carbonyl (C=O) groups excluding carboxylic acids is 1. The number of hydrogen-bond acceptors (Lipinski definition) is 5. The Morgan fingerprint density at radius 2 is 1.78 bits per heavy atom. The van der Waals surface area contributed by atoms with E-state index in [1.165, 1.54) is 7.11 Å². The highest BCUT2D eigenvalue weighted by atomic mass is 16.5. The highest BCUT2D eigenvalue weighted by Gasteiger charge is 2.13. The maximum Gasteiger partial charge on any atom is 0.305 e. The second-order valence-corrected chi connectivity index (χ2v) is 4.99. The Labute approximate surface area is 135 Å². The SMILES string of the molecule is COC(=O)CCc1ccc(O)c(-c2ccc(OC)cc2OC)c1. The lowest BCUT2D eigenvalue weighted by Crippen LogP contribution is -2.02. The van der Waals surface area contributed by atoms with Crippen LogP contribution in [0, 0.1) is 0 Å². The van der Waals surface area contributed by atoms with E-state index >= 15 is 0 Å². The highest BCUT2D eigenvalue weighted by Crippen LogP contribution is 2.38. The number of carbonyl (C=O) groups is 1. The lowest BCUT2D eigenvalue weighted by molar-refractivity contribution is -0.140. The van der Waals surface area contributed by atoms with Crippen molar-refractivity contribution >= 4 is 5.97 Å². The fourth-order valence-corrected chi connectivity index (χ4v) is 2.32. The number of aryl methyl sites for hydroxylation is 1. The minimum atomic E-state index is -0.262. The van der Waals surface area contributed by atoms with Crippen LogP contribution in [-0.4, -0.2) is 32.4 Å². The van der Waals surface area contributed by atoms with E-state index in [2.05, 4.69) is 4.74 Å². The first-order chi connectivity index (χ1) is 11.1. The smallest absolute Gasteiger partial charge is 0.305 e. The topological polar surface area (TPSA) is 65.0 Å². The van der Waals surface area contributed by atoms with Gasteiger partial charge < -0.3 is 19.3 Å². The van der Waals surface area contributed by atoms with Crippen LogP contribution in [0.25, 0.3) is 11.1 Å². The van der Waals surface area contributed by atoms with Gasteiger partial charge in [-0.05, 0) is 36.2 Å². The fourth-order valence-electron chi connectivity index (χ4n) is 2.32. The van der Waals surface area contributed by atoms with E-state index in [4.69, 9.17) is 9.47 Å². The van der Waals surface area contributed by atoms with Gasteiger partial charge in [0.2, 0.25) is 0 Å². The molecular formula is C18H20O5. The van der Waals surface area contributed by atoms with Gasteiger partial charge >= 0.3 is 5.97 Å². The molecule has 0 radical (unpaired) electrons. The Balaban J connectivity index is 2.37. The second-order valence-electron chi connectivity index (χ2n) is 4.99. The van der Waals surface area contributed by atoms with Gasteiger partial charge in [0.15, 0.2) is 0 Å². The van der Waals surface area contributed by atoms with Crippen molar-refractivity contribution in [2.24, 2.45) is 0 Å². The molecule has 0 amide bonds. The van der Waals surface area contributed by atoms with Crippen molar-refractivity contribution in [1.82, 2.24) is 0 Å². The summed E-state index contributed by atoms with van der Waals surface area (Å²) in [5, 5.41) is 10.2. The molecule has 2 aromatic carbocycles. The number of methoxy groups -OCH3 is 3. The normalized spacial score (nSPS) is 10.2. The first-order valence-electron chi connectivity index (χ1n) is 7.20. The number of esters is 1. The Morgan fingerprint density at radius 3 is 2.43 bits per heavy atom. The molecule has 0 saturated carbocycles. The first-order valence-corrected chi connectivity index (χ1v) is 7.20. The maximum atomic E-state index is 11.3. The van der Waals surface area contributed by atoms with Gasteiger partial charge in [-0.3, -0.25) is 4.79 Å². The monoisotopic (exact) mass is 316 g/mol. The zero-order chi connectivity index (χ0) is 16.8. The summed E-state index contributed by atoms with van der Waals surface area (Å²) in [6.45, 7) is 0. The van der Waals surface area contributed by atoms with Gasteiger partial charge in [-0.1, -0.05) is 6.07 Å². The zero-order valence-corrected chi connectivity index (χ0v) is 13.5. The van der Waals surface area contributed by atoms with Gasteiger partial charge in [-0.25, -0.2) is 0 Å². The number of phenolic OH excluding ortho intramolecular Hbond substituents is 1. The third-order valence-corrected chi connectivity index (χ3v) is 3.61. The lowest BCUT2D eigenvalue weighted by Gasteiger charge is -2.13. The van der Waals surface area contributed by atoms with E-state index in [0.29, 0.717) is 29.9 Å². The molecule has 0 unspecified atom stereocenters. The molecule has 1 N–H and O–H groups in total. The van der Waals surface area contributed by atoms with Crippen molar-refractivity contribution in [3.05, 3.63) is 42.0 Å². The molecule has 0 aromatic heterocycles. The maximum absolute atomic E-state index is 11.3. The highest BCUT2D eigenvalue weighted by molar-refractivity contribution is 5.77. The van der Waals surface area contributed by atoms with E-state index < -0.39 is 0 Å². The molecule has 5 heteroatoms. The molecule has 0 bridgehead atoms. The molecule has 2 aromatic rings. The third-order valence-electron chi connectivity index (χ3n) is 3.61. The van der Waals surface area contributed by atoms with Crippen molar-refractivity contribution in [2.75, 3.05) is 21.3 Å². The van der Waals surface area contributed by atoms with Crippen LogP contribution in [0.1, 0.15) is 12.0 Å². The summed E-state index contributed by atoms with van der Waals surface area (Å²) in [5.41, 5.74) is 2.33. The fraction of sp³-hybridized carbons (Fsp3) is 0.278. The molecule has 0 saturated heterocycles. The summed E-state index contributed by atoms with van der Waals surface area (Å²) in [6, 6.07) is 10.6. The Morgan fingerprint density at radius 1 is 1.00 bits per heavy atom. The third kappa shape index (κ3) is 3.94. The number of ether oxygens (including phenoxy) is 3. The lowest BCUT2D eigenvalue weighted by atomic mass is 9.99. The number of phenols is 1. The largest absolute Gasteiger partial charge is 0.507 e. The summed E-state index contributed by atoms with van der Waals surface area (Å²) in [4.78, 5) is 11.3. The molecular weight excluding hydrogens is 296 g/mol. The Kier molecular flexibility index (Phi) is 5.46. The molecule has 0 aliphatic rings. The van der Waals surface area contributed by atoms with Crippen LogP contribution in [0.2, 0.25) is 0 Å². The van der Waals surface area contributed by atoms with E-state index in [1.54, 1.807) is 38.5 Å². The average Bonchev–Trinajstić information content (AvgIpc) is 2.60. The number of aromatic hydroxyl groups is 1. The molecule has 23 heavy (non-hydrogen) atoms. The molecule has 122 valence electrons. The molecule has 2 rings (SSSR count). The summed E-state index contributed by atoms with van der Waals surface area (Å²) in [6.07, 6.45) is 0.832. The van der Waals surface area contributed by atoms with Crippen LogP contribution >= 0.6 is 0 Å². The second kappa shape index (κ2) is 7.54. The van der Waals surface area contributed by atoms with Gasteiger partial charge in [0.1, 0.15) is 17.2 Å². The zero-order valence-electron chi connectivity index (χ0n) is 13.5. The van der Waals surface area contributed by atoms with Crippen LogP contribution in [0.15, 0.2) is 36.4 Å². The Bertz CT molecular complexity index is 694. The number of benzene rings is 2. The van der Waals surface area contributed by atoms with Gasteiger partial charge in [-0.15, -0.1) is 0 Å². The minimum Gasteiger partial charge on any atom is -0.507 e. The van der Waals surface area contributed by atoms with Crippen molar-refractivity contribution in [2.45, 2.75) is 12.8 Å². The number of hydrogen-bond donors (Lipinski definition) is 1. The standard InChI is InChI=1S/C18H20O5/c1-21-13-6-7-14(17(11-13)22-2)15-10-12(4-8-16(15)19)5-9-18(20)23-3/h4,6-8,10-11,19H,5,9H2,1-3H3. The van der Waals surface area contributed by atoms with Gasteiger partial charge in [-0.2, -0.15) is 0 Å². The molecule has 0 heterocycles. The summed E-state index contributed by atoms with van der Waals surface area (Å²) >= 11 is 0. The van der Waals surface area contributed by atoms with Crippen LogP contribution in [-0.2, 0) is 16.0 Å². The van der Waals surface area contributed by atoms with Crippen LogP contribution in [0.3, 0.4) is 0 Å². The number of rotatable bonds is 6.